The highest BCUT2D eigenvalue weighted by molar-refractivity contribution is 6.06. The normalized spacial score (nSPS) is 14.9. The predicted molar refractivity (Wildman–Crippen MR) is 115 cm³/mol. The first kappa shape index (κ1) is 19.5. The van der Waals surface area contributed by atoms with E-state index in [0.717, 1.165) is 30.2 Å². The fraction of sp³-hybridized carbons (Fsp3) is 0.409. The SMILES string of the molecule is CCC(C)NC(=O)Cn1c2ccccc2c2ncn(Cc3nc(C4CC4)no3)c(=O)c21. The third kappa shape index (κ3) is 3.60. The van der Waals surface area contributed by atoms with Gasteiger partial charge in [0.2, 0.25) is 11.8 Å². The summed E-state index contributed by atoms with van der Waals surface area (Å²) in [5, 5.41) is 7.82. The molecule has 1 amide bonds. The van der Waals surface area contributed by atoms with Gasteiger partial charge in [0.1, 0.15) is 24.1 Å². The monoisotopic (exact) mass is 420 g/mol. The molecule has 1 atom stereocenters. The maximum Gasteiger partial charge on any atom is 0.278 e. The molecule has 1 fully saturated rings. The van der Waals surface area contributed by atoms with Gasteiger partial charge in [-0.05, 0) is 32.3 Å². The van der Waals surface area contributed by atoms with E-state index in [0.29, 0.717) is 28.7 Å². The summed E-state index contributed by atoms with van der Waals surface area (Å²) >= 11 is 0. The number of aromatic nitrogens is 5. The largest absolute Gasteiger partial charge is 0.352 e. The minimum atomic E-state index is -0.247. The maximum absolute atomic E-state index is 13.4. The molecule has 1 N–H and O–H groups in total. The van der Waals surface area contributed by atoms with E-state index in [2.05, 4.69) is 20.4 Å². The molecule has 1 saturated carbocycles. The number of hydrogen-bond acceptors (Lipinski definition) is 6. The summed E-state index contributed by atoms with van der Waals surface area (Å²) in [5.41, 5.74) is 1.53. The van der Waals surface area contributed by atoms with Crippen LogP contribution in [0.4, 0.5) is 0 Å². The van der Waals surface area contributed by atoms with Gasteiger partial charge < -0.3 is 14.4 Å². The first-order valence-corrected chi connectivity index (χ1v) is 10.6. The lowest BCUT2D eigenvalue weighted by Gasteiger charge is -2.13. The standard InChI is InChI=1S/C22H24N6O3/c1-3-13(2)24-17(29)10-28-16-7-5-4-6-15(16)19-20(28)22(30)27(12-23-19)11-18-25-21(26-31-18)14-8-9-14/h4-7,12-14H,3,8-11H2,1-2H3,(H,24,29). The Balaban J connectivity index is 1.57. The summed E-state index contributed by atoms with van der Waals surface area (Å²) in [5.74, 6) is 1.31. The van der Waals surface area contributed by atoms with Gasteiger partial charge in [0, 0.05) is 17.3 Å². The third-order valence-corrected chi connectivity index (χ3v) is 5.79. The van der Waals surface area contributed by atoms with Crippen molar-refractivity contribution in [1.82, 2.24) is 29.6 Å². The van der Waals surface area contributed by atoms with Crippen LogP contribution in [0.5, 0.6) is 0 Å². The highest BCUT2D eigenvalue weighted by Gasteiger charge is 2.29. The fourth-order valence-electron chi connectivity index (χ4n) is 3.78. The molecule has 0 spiro atoms. The number of nitrogens with zero attached hydrogens (tertiary/aromatic N) is 5. The van der Waals surface area contributed by atoms with Crippen LogP contribution in [0.15, 0.2) is 39.9 Å². The van der Waals surface area contributed by atoms with Gasteiger partial charge in [-0.25, -0.2) is 4.98 Å². The number of fused-ring (bicyclic) bond motifs is 3. The van der Waals surface area contributed by atoms with Crippen LogP contribution in [0.2, 0.25) is 0 Å². The molecule has 160 valence electrons. The molecular formula is C22H24N6O3. The lowest BCUT2D eigenvalue weighted by Crippen LogP contribution is -2.35. The van der Waals surface area contributed by atoms with Gasteiger partial charge in [-0.3, -0.25) is 14.2 Å². The van der Waals surface area contributed by atoms with E-state index in [1.54, 1.807) is 4.57 Å². The van der Waals surface area contributed by atoms with Gasteiger partial charge in [-0.15, -0.1) is 0 Å². The number of benzene rings is 1. The van der Waals surface area contributed by atoms with Crippen LogP contribution < -0.4 is 10.9 Å². The summed E-state index contributed by atoms with van der Waals surface area (Å²) in [4.78, 5) is 35.0. The second-order valence-electron chi connectivity index (χ2n) is 8.18. The molecule has 31 heavy (non-hydrogen) atoms. The Morgan fingerprint density at radius 3 is 2.90 bits per heavy atom. The van der Waals surface area contributed by atoms with Crippen LogP contribution in [0, 0.1) is 0 Å². The highest BCUT2D eigenvalue weighted by Crippen LogP contribution is 2.38. The lowest BCUT2D eigenvalue weighted by atomic mass is 10.2. The molecule has 0 saturated heterocycles. The number of amides is 1. The zero-order valence-corrected chi connectivity index (χ0v) is 17.5. The zero-order chi connectivity index (χ0) is 21.5. The van der Waals surface area contributed by atoms with Crippen molar-refractivity contribution in [3.05, 3.63) is 52.7 Å². The maximum atomic E-state index is 13.4. The molecule has 5 rings (SSSR count). The number of carbonyl (C=O) groups is 1. The van der Waals surface area contributed by atoms with Crippen molar-refractivity contribution in [3.63, 3.8) is 0 Å². The molecule has 0 aliphatic heterocycles. The lowest BCUT2D eigenvalue weighted by molar-refractivity contribution is -0.122. The van der Waals surface area contributed by atoms with Gasteiger partial charge in [-0.1, -0.05) is 30.3 Å². The van der Waals surface area contributed by atoms with Crippen LogP contribution >= 0.6 is 0 Å². The van der Waals surface area contributed by atoms with Crippen molar-refractivity contribution >= 4 is 27.8 Å². The summed E-state index contributed by atoms with van der Waals surface area (Å²) in [6.45, 7) is 4.16. The number of rotatable bonds is 7. The Labute approximate surface area is 178 Å². The molecule has 9 heteroatoms. The Morgan fingerprint density at radius 1 is 1.32 bits per heavy atom. The molecule has 1 aromatic carbocycles. The third-order valence-electron chi connectivity index (χ3n) is 5.79. The summed E-state index contributed by atoms with van der Waals surface area (Å²) in [7, 11) is 0. The van der Waals surface area contributed by atoms with Crippen molar-refractivity contribution in [3.8, 4) is 0 Å². The first-order chi connectivity index (χ1) is 15.0. The fourth-order valence-corrected chi connectivity index (χ4v) is 3.78. The Bertz CT molecular complexity index is 1330. The number of carbonyl (C=O) groups excluding carboxylic acids is 1. The van der Waals surface area contributed by atoms with Crippen molar-refractivity contribution in [1.29, 1.82) is 0 Å². The van der Waals surface area contributed by atoms with Crippen molar-refractivity contribution < 1.29 is 9.32 Å². The van der Waals surface area contributed by atoms with Gasteiger partial charge in [0.15, 0.2) is 5.82 Å². The van der Waals surface area contributed by atoms with Gasteiger partial charge in [-0.2, -0.15) is 4.98 Å². The first-order valence-electron chi connectivity index (χ1n) is 10.6. The molecule has 1 unspecified atom stereocenters. The summed E-state index contributed by atoms with van der Waals surface area (Å²) in [6.07, 6.45) is 4.48. The minimum absolute atomic E-state index is 0.0433. The molecule has 0 radical (unpaired) electrons. The topological polar surface area (TPSA) is 108 Å². The molecule has 1 aliphatic rings. The molecule has 0 bridgehead atoms. The smallest absolute Gasteiger partial charge is 0.278 e. The van der Waals surface area contributed by atoms with Crippen molar-refractivity contribution in [2.45, 2.75) is 58.2 Å². The summed E-state index contributed by atoms with van der Waals surface area (Å²) in [6, 6.07) is 7.67. The Hall–Kier alpha value is -3.49. The van der Waals surface area contributed by atoms with Crippen LogP contribution in [0.1, 0.15) is 50.7 Å². The molecule has 3 heterocycles. The van der Waals surface area contributed by atoms with E-state index in [1.807, 2.05) is 38.1 Å². The average Bonchev–Trinajstić information content (AvgIpc) is 3.44. The van der Waals surface area contributed by atoms with Crippen molar-refractivity contribution in [2.24, 2.45) is 0 Å². The van der Waals surface area contributed by atoms with E-state index in [-0.39, 0.29) is 30.6 Å². The highest BCUT2D eigenvalue weighted by atomic mass is 16.5. The Morgan fingerprint density at radius 2 is 2.13 bits per heavy atom. The van der Waals surface area contributed by atoms with Crippen LogP contribution in [-0.4, -0.2) is 36.2 Å². The second-order valence-corrected chi connectivity index (χ2v) is 8.18. The molecule has 9 nitrogen and oxygen atoms in total. The second kappa shape index (κ2) is 7.64. The van der Waals surface area contributed by atoms with Gasteiger partial charge in [0.05, 0.1) is 11.8 Å². The molecule has 3 aromatic heterocycles. The van der Waals surface area contributed by atoms with Gasteiger partial charge in [0.25, 0.3) is 5.56 Å². The number of para-hydroxylation sites is 1. The van der Waals surface area contributed by atoms with E-state index in [9.17, 15) is 9.59 Å². The van der Waals surface area contributed by atoms with E-state index >= 15 is 0 Å². The van der Waals surface area contributed by atoms with E-state index in [4.69, 9.17) is 4.52 Å². The quantitative estimate of drug-likeness (QED) is 0.492. The predicted octanol–water partition coefficient (Wildman–Crippen LogP) is 2.57. The van der Waals surface area contributed by atoms with Crippen LogP contribution in [0.25, 0.3) is 21.9 Å². The molecular weight excluding hydrogens is 396 g/mol. The zero-order valence-electron chi connectivity index (χ0n) is 17.5. The average molecular weight is 420 g/mol. The Kier molecular flexibility index (Phi) is 4.80. The van der Waals surface area contributed by atoms with Crippen LogP contribution in [0.3, 0.4) is 0 Å². The van der Waals surface area contributed by atoms with E-state index < -0.39 is 0 Å². The van der Waals surface area contributed by atoms with Gasteiger partial charge >= 0.3 is 0 Å². The molecule has 4 aromatic rings. The number of hydrogen-bond donors (Lipinski definition) is 1. The summed E-state index contributed by atoms with van der Waals surface area (Å²) < 4.78 is 8.53. The van der Waals surface area contributed by atoms with Crippen molar-refractivity contribution in [2.75, 3.05) is 0 Å². The van der Waals surface area contributed by atoms with Crippen LogP contribution in [-0.2, 0) is 17.9 Å². The number of nitrogens with one attached hydrogen (secondary N) is 1. The molecule has 1 aliphatic carbocycles. The minimum Gasteiger partial charge on any atom is -0.352 e. The van der Waals surface area contributed by atoms with E-state index in [1.165, 1.54) is 10.9 Å².